The molecule has 0 aliphatic rings. The highest BCUT2D eigenvalue weighted by Crippen LogP contribution is 2.19. The van der Waals surface area contributed by atoms with E-state index in [0.717, 1.165) is 11.3 Å². The van der Waals surface area contributed by atoms with Crippen LogP contribution in [0, 0.1) is 6.92 Å². The lowest BCUT2D eigenvalue weighted by atomic mass is 10.2. The van der Waals surface area contributed by atoms with Crippen LogP contribution in [0.4, 0.5) is 11.4 Å². The molecule has 0 aliphatic heterocycles. The number of hydrogen-bond acceptors (Lipinski definition) is 4. The fourth-order valence-electron chi connectivity index (χ4n) is 1.30. The van der Waals surface area contributed by atoms with E-state index in [1.54, 1.807) is 24.3 Å². The van der Waals surface area contributed by atoms with Gasteiger partial charge in [0.1, 0.15) is 11.5 Å². The zero-order valence-electron chi connectivity index (χ0n) is 10.5. The molecule has 4 heteroatoms. The van der Waals surface area contributed by atoms with Crippen molar-refractivity contribution in [2.24, 2.45) is 0 Å². The molecular formula is C14H18N2O2. The van der Waals surface area contributed by atoms with Crippen molar-refractivity contribution < 1.29 is 10.2 Å². The first-order valence-corrected chi connectivity index (χ1v) is 5.55. The second kappa shape index (κ2) is 6.39. The lowest BCUT2D eigenvalue weighted by Crippen LogP contribution is -1.85. The first-order valence-electron chi connectivity index (χ1n) is 5.55. The fraction of sp³-hybridized carbons (Fsp3) is 0.143. The number of anilines is 2. The average molecular weight is 246 g/mol. The van der Waals surface area contributed by atoms with Crippen LogP contribution in [0.1, 0.15) is 5.56 Å². The maximum Gasteiger partial charge on any atom is 0.138 e. The molecule has 0 saturated carbocycles. The number of benzene rings is 2. The third-order valence-corrected chi connectivity index (χ3v) is 2.34. The van der Waals surface area contributed by atoms with Crippen molar-refractivity contribution in [3.8, 4) is 11.5 Å². The van der Waals surface area contributed by atoms with Gasteiger partial charge in [-0.1, -0.05) is 6.07 Å². The molecule has 0 bridgehead atoms. The summed E-state index contributed by atoms with van der Waals surface area (Å²) in [5, 5.41) is 20.7. The standard InChI is InChI=1S/2C7H9NO/c1-8-6-2-4-7(9)5-3-6;1-5-2-3-7(9)6(8)4-5/h2-5,8-9H,1H3;2-4,9H,8H2,1H3. The molecule has 2 aromatic carbocycles. The predicted octanol–water partition coefficient (Wildman–Crippen LogP) is 2.72. The molecule has 0 radical (unpaired) electrons. The summed E-state index contributed by atoms with van der Waals surface area (Å²) in [6.45, 7) is 1.93. The third kappa shape index (κ3) is 4.25. The Morgan fingerprint density at radius 1 is 1.00 bits per heavy atom. The van der Waals surface area contributed by atoms with Crippen molar-refractivity contribution in [2.45, 2.75) is 6.92 Å². The molecule has 0 aliphatic carbocycles. The molecule has 2 aromatic rings. The summed E-state index contributed by atoms with van der Waals surface area (Å²) >= 11 is 0. The monoisotopic (exact) mass is 246 g/mol. The van der Waals surface area contributed by atoms with Gasteiger partial charge >= 0.3 is 0 Å². The van der Waals surface area contributed by atoms with Crippen LogP contribution >= 0.6 is 0 Å². The van der Waals surface area contributed by atoms with Crippen molar-refractivity contribution in [1.82, 2.24) is 0 Å². The molecule has 0 amide bonds. The first kappa shape index (κ1) is 13.7. The Morgan fingerprint density at radius 2 is 1.61 bits per heavy atom. The number of nitrogens with two attached hydrogens (primary N) is 1. The lowest BCUT2D eigenvalue weighted by molar-refractivity contribution is 0.475. The third-order valence-electron chi connectivity index (χ3n) is 2.34. The minimum Gasteiger partial charge on any atom is -0.508 e. The number of aryl methyl sites for hydroxylation is 1. The van der Waals surface area contributed by atoms with E-state index in [1.165, 1.54) is 0 Å². The molecule has 2 rings (SSSR count). The van der Waals surface area contributed by atoms with Gasteiger partial charge in [0.2, 0.25) is 0 Å². The highest BCUT2D eigenvalue weighted by atomic mass is 16.3. The molecule has 0 spiro atoms. The van der Waals surface area contributed by atoms with Gasteiger partial charge in [0, 0.05) is 12.7 Å². The Labute approximate surface area is 107 Å². The van der Waals surface area contributed by atoms with E-state index < -0.39 is 0 Å². The van der Waals surface area contributed by atoms with Crippen molar-refractivity contribution in [2.75, 3.05) is 18.1 Å². The molecule has 0 saturated heterocycles. The second-order valence-electron chi connectivity index (χ2n) is 3.86. The fourth-order valence-corrected chi connectivity index (χ4v) is 1.30. The minimum atomic E-state index is 0.153. The highest BCUT2D eigenvalue weighted by Gasteiger charge is 1.92. The van der Waals surface area contributed by atoms with Crippen molar-refractivity contribution in [3.63, 3.8) is 0 Å². The molecule has 18 heavy (non-hydrogen) atoms. The number of nitrogens with one attached hydrogen (secondary N) is 1. The summed E-state index contributed by atoms with van der Waals surface area (Å²) in [5.41, 5.74) is 7.88. The summed E-state index contributed by atoms with van der Waals surface area (Å²) < 4.78 is 0. The van der Waals surface area contributed by atoms with Gasteiger partial charge in [-0.15, -0.1) is 0 Å². The Balaban J connectivity index is 0.000000180. The summed E-state index contributed by atoms with van der Waals surface area (Å²) in [5.74, 6) is 0.453. The van der Waals surface area contributed by atoms with Crippen molar-refractivity contribution in [3.05, 3.63) is 48.0 Å². The molecule has 0 fully saturated rings. The molecule has 5 N–H and O–H groups in total. The maximum atomic E-state index is 8.92. The van der Waals surface area contributed by atoms with Gasteiger partial charge < -0.3 is 21.3 Å². The zero-order chi connectivity index (χ0) is 13.5. The Hall–Kier alpha value is -2.36. The molecule has 0 atom stereocenters. The topological polar surface area (TPSA) is 78.5 Å². The van der Waals surface area contributed by atoms with E-state index in [1.807, 2.05) is 32.2 Å². The van der Waals surface area contributed by atoms with Gasteiger partial charge in [-0.3, -0.25) is 0 Å². The number of rotatable bonds is 1. The molecular weight excluding hydrogens is 228 g/mol. The minimum absolute atomic E-state index is 0.153. The summed E-state index contributed by atoms with van der Waals surface area (Å²) in [7, 11) is 1.84. The van der Waals surface area contributed by atoms with Gasteiger partial charge in [-0.05, 0) is 48.9 Å². The quantitative estimate of drug-likeness (QED) is 0.354. The maximum absolute atomic E-state index is 8.92. The lowest BCUT2D eigenvalue weighted by Gasteiger charge is -1.97. The SMILES string of the molecule is CNc1ccc(O)cc1.Cc1ccc(O)c(N)c1. The average Bonchev–Trinajstić information content (AvgIpc) is 2.36. The summed E-state index contributed by atoms with van der Waals surface area (Å²) in [6, 6.07) is 12.0. The first-order chi connectivity index (χ1) is 8.52. The summed E-state index contributed by atoms with van der Waals surface area (Å²) in [4.78, 5) is 0. The number of hydrogen-bond donors (Lipinski definition) is 4. The number of nitrogen functional groups attached to an aromatic ring is 1. The van der Waals surface area contributed by atoms with E-state index in [-0.39, 0.29) is 5.75 Å². The van der Waals surface area contributed by atoms with E-state index in [0.29, 0.717) is 11.4 Å². The Bertz CT molecular complexity index is 496. The molecule has 0 aromatic heterocycles. The molecule has 96 valence electrons. The number of phenols is 2. The molecule has 0 unspecified atom stereocenters. The van der Waals surface area contributed by atoms with E-state index >= 15 is 0 Å². The molecule has 4 nitrogen and oxygen atoms in total. The number of aromatic hydroxyl groups is 2. The van der Waals surface area contributed by atoms with Crippen LogP contribution in [0.5, 0.6) is 11.5 Å². The zero-order valence-corrected chi connectivity index (χ0v) is 10.5. The van der Waals surface area contributed by atoms with Gasteiger partial charge in [-0.2, -0.15) is 0 Å². The highest BCUT2D eigenvalue weighted by molar-refractivity contribution is 5.52. The van der Waals surface area contributed by atoms with Crippen LogP contribution < -0.4 is 11.1 Å². The van der Waals surface area contributed by atoms with Crippen molar-refractivity contribution in [1.29, 1.82) is 0 Å². The van der Waals surface area contributed by atoms with Crippen LogP contribution in [0.25, 0.3) is 0 Å². The van der Waals surface area contributed by atoms with E-state index in [2.05, 4.69) is 5.32 Å². The van der Waals surface area contributed by atoms with Gasteiger partial charge in [0.15, 0.2) is 0 Å². The van der Waals surface area contributed by atoms with Crippen LogP contribution in [0.3, 0.4) is 0 Å². The van der Waals surface area contributed by atoms with Crippen LogP contribution in [-0.2, 0) is 0 Å². The second-order valence-corrected chi connectivity index (χ2v) is 3.86. The summed E-state index contributed by atoms with van der Waals surface area (Å²) in [6.07, 6.45) is 0. The normalized spacial score (nSPS) is 9.22. The predicted molar refractivity (Wildman–Crippen MR) is 74.9 cm³/mol. The van der Waals surface area contributed by atoms with E-state index in [9.17, 15) is 0 Å². The largest absolute Gasteiger partial charge is 0.508 e. The van der Waals surface area contributed by atoms with Crippen LogP contribution in [0.2, 0.25) is 0 Å². The van der Waals surface area contributed by atoms with E-state index in [4.69, 9.17) is 15.9 Å². The van der Waals surface area contributed by atoms with Gasteiger partial charge in [0.25, 0.3) is 0 Å². The van der Waals surface area contributed by atoms with Crippen LogP contribution in [0.15, 0.2) is 42.5 Å². The van der Waals surface area contributed by atoms with Crippen LogP contribution in [-0.4, -0.2) is 17.3 Å². The molecule has 0 heterocycles. The Kier molecular flexibility index (Phi) is 4.87. The van der Waals surface area contributed by atoms with Gasteiger partial charge in [-0.25, -0.2) is 0 Å². The number of phenolic OH excluding ortho intramolecular Hbond substituents is 2. The van der Waals surface area contributed by atoms with Crippen molar-refractivity contribution >= 4 is 11.4 Å². The Morgan fingerprint density at radius 3 is 2.06 bits per heavy atom. The van der Waals surface area contributed by atoms with Gasteiger partial charge in [0.05, 0.1) is 5.69 Å². The smallest absolute Gasteiger partial charge is 0.138 e.